The Morgan fingerprint density at radius 2 is 2.08 bits per heavy atom. The number of rotatable bonds is 4. The van der Waals surface area contributed by atoms with E-state index in [4.69, 9.17) is 4.52 Å². The molecule has 1 N–H and O–H groups in total. The maximum atomic E-state index is 5.48. The molecule has 25 heavy (non-hydrogen) atoms. The van der Waals surface area contributed by atoms with Crippen LogP contribution in [0.5, 0.6) is 0 Å². The van der Waals surface area contributed by atoms with Gasteiger partial charge in [-0.2, -0.15) is 4.98 Å². The van der Waals surface area contributed by atoms with Crippen molar-refractivity contribution in [2.75, 3.05) is 6.54 Å². The number of nitrogens with one attached hydrogen (secondary N) is 1. The van der Waals surface area contributed by atoms with Gasteiger partial charge in [0.1, 0.15) is 0 Å². The average Bonchev–Trinajstić information content (AvgIpc) is 3.22. The molecule has 1 aliphatic heterocycles. The van der Waals surface area contributed by atoms with Crippen LogP contribution in [0.25, 0.3) is 11.4 Å². The first-order chi connectivity index (χ1) is 11.7. The average molecular weight is 378 g/mol. The molecule has 0 fully saturated rings. The Morgan fingerprint density at radius 3 is 2.88 bits per heavy atom. The molecule has 3 aromatic heterocycles. The van der Waals surface area contributed by atoms with Crippen LogP contribution in [-0.4, -0.2) is 26.7 Å². The molecule has 0 bridgehead atoms. The zero-order valence-corrected chi connectivity index (χ0v) is 15.8. The maximum Gasteiger partial charge on any atom is 0.227 e. The molecule has 1 aliphatic rings. The highest BCUT2D eigenvalue weighted by atomic mass is 35.5. The Balaban J connectivity index is 0.00000182. The lowest BCUT2D eigenvalue weighted by Gasteiger charge is -2.19. The molecule has 0 amide bonds. The third-order valence-corrected chi connectivity index (χ3v) is 5.43. The number of nitrogens with zero attached hydrogens (tertiary/aromatic N) is 4. The van der Waals surface area contributed by atoms with Crippen LogP contribution in [-0.2, 0) is 25.8 Å². The van der Waals surface area contributed by atoms with Crippen LogP contribution in [0.3, 0.4) is 0 Å². The van der Waals surface area contributed by atoms with E-state index in [0.29, 0.717) is 11.7 Å². The van der Waals surface area contributed by atoms with Crippen LogP contribution in [0.15, 0.2) is 16.2 Å². The summed E-state index contributed by atoms with van der Waals surface area (Å²) in [5.74, 6) is 1.33. The second-order valence-corrected chi connectivity index (χ2v) is 6.96. The summed E-state index contributed by atoms with van der Waals surface area (Å²) < 4.78 is 5.48. The smallest absolute Gasteiger partial charge is 0.227 e. The summed E-state index contributed by atoms with van der Waals surface area (Å²) in [6.07, 6.45) is 4.54. The molecule has 8 heteroatoms. The zero-order chi connectivity index (χ0) is 16.5. The van der Waals surface area contributed by atoms with E-state index in [1.165, 1.54) is 16.0 Å². The first-order valence-electron chi connectivity index (χ1n) is 8.12. The van der Waals surface area contributed by atoms with Gasteiger partial charge >= 0.3 is 0 Å². The molecule has 4 heterocycles. The van der Waals surface area contributed by atoms with Gasteiger partial charge in [0, 0.05) is 35.3 Å². The number of aryl methyl sites for hydroxylation is 4. The largest absolute Gasteiger partial charge is 0.339 e. The molecule has 0 saturated heterocycles. The van der Waals surface area contributed by atoms with Gasteiger partial charge in [-0.15, -0.1) is 23.7 Å². The number of pyridine rings is 1. The quantitative estimate of drug-likeness (QED) is 0.753. The molecule has 6 nitrogen and oxygen atoms in total. The minimum Gasteiger partial charge on any atom is -0.339 e. The number of thiazole rings is 1. The van der Waals surface area contributed by atoms with E-state index in [1.54, 1.807) is 11.3 Å². The number of aromatic nitrogens is 4. The predicted octanol–water partition coefficient (Wildman–Crippen LogP) is 3.06. The van der Waals surface area contributed by atoms with E-state index in [0.717, 1.165) is 49.3 Å². The van der Waals surface area contributed by atoms with Crippen molar-refractivity contribution in [3.8, 4) is 11.4 Å². The van der Waals surface area contributed by atoms with Crippen LogP contribution in [0.1, 0.15) is 33.3 Å². The Bertz CT molecular complexity index is 876. The number of fused-ring (bicyclic) bond motifs is 1. The van der Waals surface area contributed by atoms with Gasteiger partial charge in [-0.05, 0) is 44.4 Å². The molecule has 4 rings (SSSR count). The van der Waals surface area contributed by atoms with Crippen LogP contribution in [0.2, 0.25) is 0 Å². The summed E-state index contributed by atoms with van der Waals surface area (Å²) in [5.41, 5.74) is 7.49. The Hall–Kier alpha value is -1.83. The Kier molecular flexibility index (Phi) is 5.46. The van der Waals surface area contributed by atoms with Gasteiger partial charge in [0.15, 0.2) is 0 Å². The molecule has 0 saturated carbocycles. The minimum atomic E-state index is 0. The molecule has 0 unspecified atom stereocenters. The first kappa shape index (κ1) is 18.0. The fraction of sp³-hybridized carbons (Fsp3) is 0.412. The highest BCUT2D eigenvalue weighted by molar-refractivity contribution is 7.09. The highest BCUT2D eigenvalue weighted by Crippen LogP contribution is 2.28. The summed E-state index contributed by atoms with van der Waals surface area (Å²) in [6.45, 7) is 5.86. The normalized spacial score (nSPS) is 13.4. The predicted molar refractivity (Wildman–Crippen MR) is 99.2 cm³/mol. The van der Waals surface area contributed by atoms with Gasteiger partial charge in [0.05, 0.1) is 11.2 Å². The van der Waals surface area contributed by atoms with Gasteiger partial charge in [0.2, 0.25) is 11.7 Å². The third-order valence-electron chi connectivity index (χ3n) is 4.43. The van der Waals surface area contributed by atoms with Crippen molar-refractivity contribution >= 4 is 23.7 Å². The SMILES string of the molecule is Cc1ncsc1CCc1nc(-c2c(C)ncc3c2CCNC3)no1.Cl. The lowest BCUT2D eigenvalue weighted by Crippen LogP contribution is -2.24. The molecular formula is C17H20ClN5OS. The van der Waals surface area contributed by atoms with Crippen LogP contribution < -0.4 is 5.32 Å². The van der Waals surface area contributed by atoms with Gasteiger partial charge in [-0.1, -0.05) is 5.16 Å². The Labute approximate surface area is 156 Å². The van der Waals surface area contributed by atoms with Crippen molar-refractivity contribution in [3.63, 3.8) is 0 Å². The monoisotopic (exact) mass is 377 g/mol. The van der Waals surface area contributed by atoms with E-state index >= 15 is 0 Å². The minimum absolute atomic E-state index is 0. The number of hydrogen-bond donors (Lipinski definition) is 1. The summed E-state index contributed by atoms with van der Waals surface area (Å²) in [7, 11) is 0. The van der Waals surface area contributed by atoms with Crippen molar-refractivity contribution < 1.29 is 4.52 Å². The number of halogens is 1. The van der Waals surface area contributed by atoms with Gasteiger partial charge in [0.25, 0.3) is 0 Å². The van der Waals surface area contributed by atoms with Crippen molar-refractivity contribution in [2.45, 2.75) is 39.7 Å². The lowest BCUT2D eigenvalue weighted by molar-refractivity contribution is 0.379. The molecule has 0 atom stereocenters. The van der Waals surface area contributed by atoms with Crippen molar-refractivity contribution in [3.05, 3.63) is 45.0 Å². The standard InChI is InChI=1S/C17H19N5OS.ClH/c1-10-14(24-9-20-10)3-4-15-21-17(22-23-15)16-11(2)19-8-12-7-18-6-5-13(12)16;/h8-9,18H,3-7H2,1-2H3;1H. The van der Waals surface area contributed by atoms with Crippen molar-refractivity contribution in [1.82, 2.24) is 25.4 Å². The van der Waals surface area contributed by atoms with E-state index in [2.05, 4.69) is 25.4 Å². The van der Waals surface area contributed by atoms with E-state index in [-0.39, 0.29) is 12.4 Å². The summed E-state index contributed by atoms with van der Waals surface area (Å²) in [4.78, 5) is 14.7. The molecule has 0 aromatic carbocycles. The molecule has 3 aromatic rings. The van der Waals surface area contributed by atoms with Crippen molar-refractivity contribution in [2.24, 2.45) is 0 Å². The molecule has 132 valence electrons. The van der Waals surface area contributed by atoms with E-state index in [1.807, 2.05) is 25.6 Å². The molecular weight excluding hydrogens is 358 g/mol. The van der Waals surface area contributed by atoms with Gasteiger partial charge in [-0.3, -0.25) is 4.98 Å². The second kappa shape index (κ2) is 7.59. The summed E-state index contributed by atoms with van der Waals surface area (Å²) in [6, 6.07) is 0. The first-order valence-corrected chi connectivity index (χ1v) is 9.00. The fourth-order valence-electron chi connectivity index (χ4n) is 3.11. The second-order valence-electron chi connectivity index (χ2n) is 6.02. The van der Waals surface area contributed by atoms with Crippen molar-refractivity contribution in [1.29, 1.82) is 0 Å². The maximum absolute atomic E-state index is 5.48. The zero-order valence-electron chi connectivity index (χ0n) is 14.2. The topological polar surface area (TPSA) is 76.7 Å². The van der Waals surface area contributed by atoms with Crippen LogP contribution in [0.4, 0.5) is 0 Å². The number of hydrogen-bond acceptors (Lipinski definition) is 7. The Morgan fingerprint density at radius 1 is 1.20 bits per heavy atom. The van der Waals surface area contributed by atoms with Crippen LogP contribution in [0, 0.1) is 13.8 Å². The summed E-state index contributed by atoms with van der Waals surface area (Å²) >= 11 is 1.68. The van der Waals surface area contributed by atoms with E-state index < -0.39 is 0 Å². The summed E-state index contributed by atoms with van der Waals surface area (Å²) in [5, 5.41) is 7.60. The third kappa shape index (κ3) is 3.58. The fourth-order valence-corrected chi connectivity index (χ4v) is 3.89. The highest BCUT2D eigenvalue weighted by Gasteiger charge is 2.21. The van der Waals surface area contributed by atoms with Gasteiger partial charge in [-0.25, -0.2) is 4.98 Å². The molecule has 0 spiro atoms. The molecule has 0 aliphatic carbocycles. The molecule has 0 radical (unpaired) electrons. The van der Waals surface area contributed by atoms with Crippen LogP contribution >= 0.6 is 23.7 Å². The lowest BCUT2D eigenvalue weighted by atomic mass is 9.95. The van der Waals surface area contributed by atoms with E-state index in [9.17, 15) is 0 Å². The van der Waals surface area contributed by atoms with Gasteiger partial charge < -0.3 is 9.84 Å².